The summed E-state index contributed by atoms with van der Waals surface area (Å²) in [6, 6.07) is 14.5. The van der Waals surface area contributed by atoms with Crippen molar-refractivity contribution in [1.82, 2.24) is 9.55 Å². The first kappa shape index (κ1) is 15.4. The number of aromatic nitrogens is 2. The smallest absolute Gasteiger partial charge is 0.192 e. The van der Waals surface area contributed by atoms with Gasteiger partial charge in [-0.15, -0.1) is 17.9 Å². The molecule has 0 aliphatic carbocycles. The first-order valence-electron chi connectivity index (χ1n) is 7.66. The summed E-state index contributed by atoms with van der Waals surface area (Å²) in [6.07, 6.45) is 4.71. The number of allylic oxidation sites excluding steroid dienone is 1. The van der Waals surface area contributed by atoms with Crippen molar-refractivity contribution in [2.75, 3.05) is 0 Å². The van der Waals surface area contributed by atoms with Crippen LogP contribution in [-0.4, -0.2) is 9.55 Å². The third-order valence-corrected chi connectivity index (χ3v) is 4.49. The van der Waals surface area contributed by atoms with Gasteiger partial charge in [0.05, 0.1) is 5.69 Å². The molecule has 0 radical (unpaired) electrons. The van der Waals surface area contributed by atoms with Gasteiger partial charge in [-0.1, -0.05) is 43.3 Å². The molecule has 2 aromatic heterocycles. The van der Waals surface area contributed by atoms with E-state index in [9.17, 15) is 0 Å². The Morgan fingerprint density at radius 3 is 2.70 bits per heavy atom. The molecule has 0 atom stereocenters. The Balaban J connectivity index is 2.08. The molecule has 0 fully saturated rings. The first-order valence-corrected chi connectivity index (χ1v) is 8.54. The van der Waals surface area contributed by atoms with E-state index < -0.39 is 0 Å². The second kappa shape index (κ2) is 7.20. The van der Waals surface area contributed by atoms with Crippen LogP contribution in [0.5, 0.6) is 0 Å². The number of benzene rings is 1. The van der Waals surface area contributed by atoms with Crippen molar-refractivity contribution in [2.24, 2.45) is 4.99 Å². The predicted molar refractivity (Wildman–Crippen MR) is 96.8 cm³/mol. The summed E-state index contributed by atoms with van der Waals surface area (Å²) in [5, 5.41) is 2.15. The molecule has 0 N–H and O–H groups in total. The molecule has 3 aromatic rings. The van der Waals surface area contributed by atoms with Gasteiger partial charge in [0, 0.05) is 18.1 Å². The fraction of sp³-hybridized carbons (Fsp3) is 0.158. The fourth-order valence-corrected chi connectivity index (χ4v) is 3.31. The summed E-state index contributed by atoms with van der Waals surface area (Å²) in [4.78, 5) is 9.87. The highest BCUT2D eigenvalue weighted by Crippen LogP contribution is 2.21. The SMILES string of the molecule is C=CCn1c(-c2ccc(CC)cc2)cs/c1=N/c1ccccn1. The van der Waals surface area contributed by atoms with Gasteiger partial charge in [0.25, 0.3) is 0 Å². The van der Waals surface area contributed by atoms with E-state index in [-0.39, 0.29) is 0 Å². The summed E-state index contributed by atoms with van der Waals surface area (Å²) < 4.78 is 2.17. The van der Waals surface area contributed by atoms with E-state index in [1.165, 1.54) is 11.1 Å². The maximum Gasteiger partial charge on any atom is 0.192 e. The highest BCUT2D eigenvalue weighted by Gasteiger charge is 2.07. The van der Waals surface area contributed by atoms with Crippen molar-refractivity contribution in [2.45, 2.75) is 19.9 Å². The number of nitrogens with zero attached hydrogens (tertiary/aromatic N) is 3. The molecular weight excluding hydrogens is 302 g/mol. The van der Waals surface area contributed by atoms with E-state index in [1.54, 1.807) is 17.5 Å². The summed E-state index contributed by atoms with van der Waals surface area (Å²) in [5.74, 6) is 0.722. The van der Waals surface area contributed by atoms with E-state index in [2.05, 4.69) is 57.7 Å². The molecule has 0 saturated heterocycles. The molecule has 3 nitrogen and oxygen atoms in total. The van der Waals surface area contributed by atoms with Crippen molar-refractivity contribution in [3.8, 4) is 11.3 Å². The molecule has 0 saturated carbocycles. The molecule has 0 aliphatic heterocycles. The third kappa shape index (κ3) is 3.48. The molecule has 116 valence electrons. The third-order valence-electron chi connectivity index (χ3n) is 3.63. The molecule has 3 rings (SSSR count). The van der Waals surface area contributed by atoms with E-state index in [0.717, 1.165) is 29.3 Å². The molecule has 1 aromatic carbocycles. The van der Waals surface area contributed by atoms with Gasteiger partial charge in [-0.25, -0.2) is 9.98 Å². The minimum atomic E-state index is 0.722. The Morgan fingerprint density at radius 2 is 2.04 bits per heavy atom. The molecule has 4 heteroatoms. The van der Waals surface area contributed by atoms with Gasteiger partial charge >= 0.3 is 0 Å². The average molecular weight is 321 g/mol. The van der Waals surface area contributed by atoms with Crippen LogP contribution in [-0.2, 0) is 13.0 Å². The highest BCUT2D eigenvalue weighted by molar-refractivity contribution is 7.07. The van der Waals surface area contributed by atoms with E-state index in [4.69, 9.17) is 0 Å². The van der Waals surface area contributed by atoms with Gasteiger partial charge < -0.3 is 4.57 Å². The van der Waals surface area contributed by atoms with Crippen LogP contribution in [0.2, 0.25) is 0 Å². The summed E-state index contributed by atoms with van der Waals surface area (Å²) in [7, 11) is 0. The number of hydrogen-bond donors (Lipinski definition) is 0. The Hall–Kier alpha value is -2.46. The van der Waals surface area contributed by atoms with Gasteiger partial charge in [0.2, 0.25) is 0 Å². The monoisotopic (exact) mass is 321 g/mol. The van der Waals surface area contributed by atoms with Crippen LogP contribution in [0.3, 0.4) is 0 Å². The fourth-order valence-electron chi connectivity index (χ4n) is 2.38. The molecule has 23 heavy (non-hydrogen) atoms. The van der Waals surface area contributed by atoms with Crippen LogP contribution in [0.4, 0.5) is 5.82 Å². The van der Waals surface area contributed by atoms with Crippen LogP contribution in [0.15, 0.2) is 71.7 Å². The number of hydrogen-bond acceptors (Lipinski definition) is 3. The van der Waals surface area contributed by atoms with Crippen LogP contribution in [0.25, 0.3) is 11.3 Å². The van der Waals surface area contributed by atoms with Crippen LogP contribution < -0.4 is 4.80 Å². The Bertz CT molecular complexity index is 842. The summed E-state index contributed by atoms with van der Waals surface area (Å²) in [5.41, 5.74) is 3.70. The maximum atomic E-state index is 4.66. The number of pyridine rings is 1. The predicted octanol–water partition coefficient (Wildman–Crippen LogP) is 4.59. The lowest BCUT2D eigenvalue weighted by Crippen LogP contribution is -2.14. The molecule has 0 amide bonds. The van der Waals surface area contributed by atoms with Gasteiger partial charge in [-0.3, -0.25) is 0 Å². The van der Waals surface area contributed by atoms with Crippen LogP contribution in [0, 0.1) is 0 Å². The normalized spacial score (nSPS) is 11.6. The number of rotatable bonds is 5. The van der Waals surface area contributed by atoms with Crippen molar-refractivity contribution >= 4 is 17.2 Å². The van der Waals surface area contributed by atoms with Gasteiger partial charge in [0.1, 0.15) is 0 Å². The minimum absolute atomic E-state index is 0.722. The number of thiazole rings is 1. The highest BCUT2D eigenvalue weighted by atomic mass is 32.1. The second-order valence-corrected chi connectivity index (χ2v) is 5.99. The van der Waals surface area contributed by atoms with Crippen molar-refractivity contribution in [1.29, 1.82) is 0 Å². The minimum Gasteiger partial charge on any atom is -0.313 e. The van der Waals surface area contributed by atoms with Crippen LogP contribution in [0.1, 0.15) is 12.5 Å². The number of aryl methyl sites for hydroxylation is 1. The van der Waals surface area contributed by atoms with Crippen molar-refractivity contribution in [3.05, 3.63) is 77.1 Å². The van der Waals surface area contributed by atoms with Crippen LogP contribution >= 0.6 is 11.3 Å². The molecule has 2 heterocycles. The second-order valence-electron chi connectivity index (χ2n) is 5.15. The largest absolute Gasteiger partial charge is 0.313 e. The molecule has 0 bridgehead atoms. The molecule has 0 aliphatic rings. The average Bonchev–Trinajstić information content (AvgIpc) is 2.99. The zero-order valence-electron chi connectivity index (χ0n) is 13.1. The molecular formula is C19H19N3S. The lowest BCUT2D eigenvalue weighted by atomic mass is 10.1. The van der Waals surface area contributed by atoms with E-state index in [0.29, 0.717) is 0 Å². The van der Waals surface area contributed by atoms with Gasteiger partial charge in [0.15, 0.2) is 10.6 Å². The Morgan fingerprint density at radius 1 is 1.22 bits per heavy atom. The Kier molecular flexibility index (Phi) is 4.83. The quantitative estimate of drug-likeness (QED) is 0.632. The van der Waals surface area contributed by atoms with E-state index in [1.807, 2.05) is 24.3 Å². The van der Waals surface area contributed by atoms with Crippen molar-refractivity contribution in [3.63, 3.8) is 0 Å². The van der Waals surface area contributed by atoms with Crippen molar-refractivity contribution < 1.29 is 0 Å². The lowest BCUT2D eigenvalue weighted by molar-refractivity contribution is 0.799. The zero-order chi connectivity index (χ0) is 16.1. The Labute approximate surface area is 140 Å². The maximum absolute atomic E-state index is 4.66. The molecule has 0 spiro atoms. The topological polar surface area (TPSA) is 30.2 Å². The lowest BCUT2D eigenvalue weighted by Gasteiger charge is -2.07. The summed E-state index contributed by atoms with van der Waals surface area (Å²) in [6.45, 7) is 6.76. The van der Waals surface area contributed by atoms with Gasteiger partial charge in [-0.05, 0) is 29.7 Å². The zero-order valence-corrected chi connectivity index (χ0v) is 14.0. The standard InChI is InChI=1S/C19H19N3S/c1-3-13-22-17(16-10-8-15(4-2)9-11-16)14-23-19(22)21-18-7-5-6-12-20-18/h3,5-12,14H,1,4,13H2,2H3/b21-19+. The first-order chi connectivity index (χ1) is 11.3. The van der Waals surface area contributed by atoms with Gasteiger partial charge in [-0.2, -0.15) is 0 Å². The summed E-state index contributed by atoms with van der Waals surface area (Å²) >= 11 is 1.62. The molecule has 0 unspecified atom stereocenters. The van der Waals surface area contributed by atoms with E-state index >= 15 is 0 Å².